The molecule has 0 N–H and O–H groups in total. The second-order valence-electron chi connectivity index (χ2n) is 5.64. The van der Waals surface area contributed by atoms with Crippen LogP contribution in [-0.4, -0.2) is 12.9 Å². The van der Waals surface area contributed by atoms with Crippen molar-refractivity contribution in [3.8, 4) is 5.75 Å². The Hall–Kier alpha value is -2.09. The highest BCUT2D eigenvalue weighted by Crippen LogP contribution is 2.21. The Kier molecular flexibility index (Phi) is 4.79. The molecule has 21 heavy (non-hydrogen) atoms. The number of carbonyl (C=O) groups is 1. The summed E-state index contributed by atoms with van der Waals surface area (Å²) in [6, 6.07) is 12.2. The summed E-state index contributed by atoms with van der Waals surface area (Å²) < 4.78 is 5.34. The zero-order valence-corrected chi connectivity index (χ0v) is 13.2. The number of ether oxygens (including phenoxy) is 1. The quantitative estimate of drug-likeness (QED) is 0.829. The van der Waals surface area contributed by atoms with E-state index in [1.807, 2.05) is 25.1 Å². The molecule has 110 valence electrons. The van der Waals surface area contributed by atoms with E-state index in [2.05, 4.69) is 32.0 Å². The largest absolute Gasteiger partial charge is 0.496 e. The van der Waals surface area contributed by atoms with Gasteiger partial charge in [0, 0.05) is 18.4 Å². The van der Waals surface area contributed by atoms with Gasteiger partial charge in [0.05, 0.1) is 7.11 Å². The molecule has 0 bridgehead atoms. The average Bonchev–Trinajstić information content (AvgIpc) is 2.43. The Bertz CT molecular complexity index is 657. The second kappa shape index (κ2) is 6.57. The van der Waals surface area contributed by atoms with Gasteiger partial charge in [-0.3, -0.25) is 4.79 Å². The molecule has 0 atom stereocenters. The third-order valence-electron chi connectivity index (χ3n) is 3.72. The molecule has 0 unspecified atom stereocenters. The number of benzene rings is 2. The molecule has 0 heterocycles. The topological polar surface area (TPSA) is 26.3 Å². The van der Waals surface area contributed by atoms with Crippen LogP contribution in [0.4, 0.5) is 0 Å². The molecule has 0 spiro atoms. The first-order valence-electron chi connectivity index (χ1n) is 7.21. The normalized spacial score (nSPS) is 10.5. The van der Waals surface area contributed by atoms with Crippen molar-refractivity contribution in [2.45, 2.75) is 33.6 Å². The van der Waals surface area contributed by atoms with Crippen molar-refractivity contribution < 1.29 is 9.53 Å². The molecule has 0 saturated carbocycles. The van der Waals surface area contributed by atoms with Crippen molar-refractivity contribution in [2.24, 2.45) is 0 Å². The maximum Gasteiger partial charge on any atom is 0.141 e. The lowest BCUT2D eigenvalue weighted by Crippen LogP contribution is -2.09. The molecule has 2 aromatic carbocycles. The van der Waals surface area contributed by atoms with E-state index in [0.29, 0.717) is 12.8 Å². The van der Waals surface area contributed by atoms with Gasteiger partial charge in [0.25, 0.3) is 0 Å². The fraction of sp³-hybridized carbons (Fsp3) is 0.316. The fourth-order valence-corrected chi connectivity index (χ4v) is 2.52. The third-order valence-corrected chi connectivity index (χ3v) is 3.72. The lowest BCUT2D eigenvalue weighted by Gasteiger charge is -2.10. The highest BCUT2D eigenvalue weighted by Gasteiger charge is 2.11. The van der Waals surface area contributed by atoms with Crippen LogP contribution in [0.3, 0.4) is 0 Å². The lowest BCUT2D eigenvalue weighted by atomic mass is 9.97. The average molecular weight is 282 g/mol. The van der Waals surface area contributed by atoms with E-state index < -0.39 is 0 Å². The van der Waals surface area contributed by atoms with Crippen LogP contribution in [-0.2, 0) is 17.6 Å². The molecule has 0 aliphatic heterocycles. The van der Waals surface area contributed by atoms with E-state index in [1.54, 1.807) is 7.11 Å². The van der Waals surface area contributed by atoms with Crippen molar-refractivity contribution in [3.05, 3.63) is 64.2 Å². The first-order chi connectivity index (χ1) is 9.99. The molecule has 2 nitrogen and oxygen atoms in total. The van der Waals surface area contributed by atoms with E-state index >= 15 is 0 Å². The van der Waals surface area contributed by atoms with Gasteiger partial charge in [0.15, 0.2) is 0 Å². The number of carbonyl (C=O) groups excluding carboxylic acids is 1. The number of aryl methyl sites for hydroxylation is 3. The van der Waals surface area contributed by atoms with Crippen molar-refractivity contribution >= 4 is 5.78 Å². The van der Waals surface area contributed by atoms with Crippen LogP contribution in [0, 0.1) is 20.8 Å². The molecule has 0 aliphatic rings. The first-order valence-corrected chi connectivity index (χ1v) is 7.21. The van der Waals surface area contributed by atoms with Gasteiger partial charge >= 0.3 is 0 Å². The number of Topliss-reactive ketones (excluding diaryl/α,β-unsaturated/α-hetero) is 1. The van der Waals surface area contributed by atoms with E-state index in [0.717, 1.165) is 22.4 Å². The number of hydrogen-bond donors (Lipinski definition) is 0. The number of hydrogen-bond acceptors (Lipinski definition) is 2. The van der Waals surface area contributed by atoms with Crippen molar-refractivity contribution in [2.75, 3.05) is 7.11 Å². The summed E-state index contributed by atoms with van der Waals surface area (Å²) >= 11 is 0. The number of rotatable bonds is 5. The van der Waals surface area contributed by atoms with Gasteiger partial charge in [-0.2, -0.15) is 0 Å². The van der Waals surface area contributed by atoms with Crippen LogP contribution in [0.1, 0.15) is 27.8 Å². The maximum absolute atomic E-state index is 12.4. The zero-order valence-electron chi connectivity index (χ0n) is 13.2. The summed E-state index contributed by atoms with van der Waals surface area (Å²) in [5.41, 5.74) is 5.59. The second-order valence-corrected chi connectivity index (χ2v) is 5.64. The molecular formula is C19H22O2. The summed E-state index contributed by atoms with van der Waals surface area (Å²) in [5.74, 6) is 1.00. The highest BCUT2D eigenvalue weighted by atomic mass is 16.5. The molecule has 0 aromatic heterocycles. The van der Waals surface area contributed by atoms with Crippen LogP contribution in [0.15, 0.2) is 36.4 Å². The van der Waals surface area contributed by atoms with E-state index in [9.17, 15) is 4.79 Å². The Balaban J connectivity index is 2.15. The SMILES string of the molecule is COc1ccc(C)cc1CC(=O)Cc1cc(C)ccc1C. The molecule has 2 rings (SSSR count). The molecule has 0 radical (unpaired) electrons. The summed E-state index contributed by atoms with van der Waals surface area (Å²) in [7, 11) is 1.64. The molecular weight excluding hydrogens is 260 g/mol. The van der Waals surface area contributed by atoms with Gasteiger partial charge in [0.1, 0.15) is 11.5 Å². The predicted octanol–water partition coefficient (Wildman–Crippen LogP) is 3.97. The standard InChI is InChI=1S/C19H22O2/c1-13-5-7-15(3)16(9-13)11-18(20)12-17-10-14(2)6-8-19(17)21-4/h5-10H,11-12H2,1-4H3. The van der Waals surface area contributed by atoms with Crippen LogP contribution >= 0.6 is 0 Å². The lowest BCUT2D eigenvalue weighted by molar-refractivity contribution is -0.117. The van der Waals surface area contributed by atoms with Crippen LogP contribution in [0.5, 0.6) is 5.75 Å². The fourth-order valence-electron chi connectivity index (χ4n) is 2.52. The monoisotopic (exact) mass is 282 g/mol. The van der Waals surface area contributed by atoms with Gasteiger partial charge in [-0.1, -0.05) is 41.5 Å². The summed E-state index contributed by atoms with van der Waals surface area (Å²) in [4.78, 5) is 12.4. The summed E-state index contributed by atoms with van der Waals surface area (Å²) in [5, 5.41) is 0. The summed E-state index contributed by atoms with van der Waals surface area (Å²) in [6.45, 7) is 6.13. The molecule has 2 aromatic rings. The van der Waals surface area contributed by atoms with Crippen molar-refractivity contribution in [1.82, 2.24) is 0 Å². The smallest absolute Gasteiger partial charge is 0.141 e. The van der Waals surface area contributed by atoms with Gasteiger partial charge in [-0.05, 0) is 38.0 Å². The molecule has 2 heteroatoms. The van der Waals surface area contributed by atoms with Crippen molar-refractivity contribution in [1.29, 1.82) is 0 Å². The van der Waals surface area contributed by atoms with Gasteiger partial charge in [-0.15, -0.1) is 0 Å². The molecule has 0 amide bonds. The third kappa shape index (κ3) is 3.94. The van der Waals surface area contributed by atoms with Crippen LogP contribution < -0.4 is 4.74 Å². The van der Waals surface area contributed by atoms with Gasteiger partial charge < -0.3 is 4.74 Å². The van der Waals surface area contributed by atoms with Crippen LogP contribution in [0.25, 0.3) is 0 Å². The Morgan fingerprint density at radius 2 is 1.48 bits per heavy atom. The van der Waals surface area contributed by atoms with Gasteiger partial charge in [0.2, 0.25) is 0 Å². The zero-order chi connectivity index (χ0) is 15.4. The van der Waals surface area contributed by atoms with E-state index in [4.69, 9.17) is 4.74 Å². The maximum atomic E-state index is 12.4. The number of methoxy groups -OCH3 is 1. The van der Waals surface area contributed by atoms with E-state index in [1.165, 1.54) is 11.1 Å². The highest BCUT2D eigenvalue weighted by molar-refractivity contribution is 5.84. The Labute approximate surface area is 126 Å². The predicted molar refractivity (Wildman–Crippen MR) is 86.1 cm³/mol. The number of ketones is 1. The van der Waals surface area contributed by atoms with Crippen LogP contribution in [0.2, 0.25) is 0 Å². The van der Waals surface area contributed by atoms with E-state index in [-0.39, 0.29) is 5.78 Å². The first kappa shape index (κ1) is 15.3. The minimum Gasteiger partial charge on any atom is -0.496 e. The molecule has 0 aliphatic carbocycles. The minimum absolute atomic E-state index is 0.215. The van der Waals surface area contributed by atoms with Gasteiger partial charge in [-0.25, -0.2) is 0 Å². The summed E-state index contributed by atoms with van der Waals surface area (Å²) in [6.07, 6.45) is 0.892. The van der Waals surface area contributed by atoms with Crippen molar-refractivity contribution in [3.63, 3.8) is 0 Å². The Morgan fingerprint density at radius 3 is 2.14 bits per heavy atom. The molecule has 0 fully saturated rings. The minimum atomic E-state index is 0.215. The Morgan fingerprint density at radius 1 is 0.905 bits per heavy atom. The molecule has 0 saturated heterocycles.